The highest BCUT2D eigenvalue weighted by molar-refractivity contribution is 9.10. The molecular weight excluding hydrogens is 320 g/mol. The number of aryl methyl sites for hydroxylation is 2. The van der Waals surface area contributed by atoms with Gasteiger partial charge in [-0.1, -0.05) is 23.7 Å². The number of rotatable bonds is 2. The van der Waals surface area contributed by atoms with Crippen molar-refractivity contribution in [3.05, 3.63) is 54.6 Å². The van der Waals surface area contributed by atoms with Crippen molar-refractivity contribution in [1.29, 1.82) is 0 Å². The molecule has 1 aromatic carbocycles. The van der Waals surface area contributed by atoms with E-state index in [0.717, 1.165) is 25.4 Å². The van der Waals surface area contributed by atoms with Crippen molar-refractivity contribution in [3.8, 4) is 0 Å². The molecule has 0 bridgehead atoms. The molecule has 0 aliphatic heterocycles. The number of aliphatic hydroxyl groups is 1. The van der Waals surface area contributed by atoms with Crippen LogP contribution in [0.1, 0.15) is 27.0 Å². The second-order valence-electron chi connectivity index (χ2n) is 3.96. The van der Waals surface area contributed by atoms with Gasteiger partial charge in [0.25, 0.3) is 0 Å². The van der Waals surface area contributed by atoms with Crippen LogP contribution < -0.4 is 0 Å². The first-order valence-corrected chi connectivity index (χ1v) is 7.17. The maximum Gasteiger partial charge on any atom is 0.113 e. The molecule has 0 aliphatic rings. The molecule has 0 spiro atoms. The normalized spacial score (nSPS) is 12.8. The van der Waals surface area contributed by atoms with Gasteiger partial charge in [0.2, 0.25) is 0 Å². The zero-order valence-electron chi connectivity index (χ0n) is 9.50. The van der Waals surface area contributed by atoms with Crippen molar-refractivity contribution in [2.45, 2.75) is 20.0 Å². The second-order valence-corrected chi connectivity index (χ2v) is 6.51. The lowest BCUT2D eigenvalue weighted by Gasteiger charge is -2.10. The Morgan fingerprint density at radius 1 is 1.29 bits per heavy atom. The van der Waals surface area contributed by atoms with E-state index in [2.05, 4.69) is 15.9 Å². The van der Waals surface area contributed by atoms with E-state index in [0.29, 0.717) is 5.02 Å². The third-order valence-corrected chi connectivity index (χ3v) is 5.25. The molecule has 0 aliphatic carbocycles. The summed E-state index contributed by atoms with van der Waals surface area (Å²) in [5, 5.41) is 11.0. The molecule has 0 amide bonds. The third kappa shape index (κ3) is 2.74. The summed E-state index contributed by atoms with van der Waals surface area (Å²) >= 11 is 11.1. The topological polar surface area (TPSA) is 20.2 Å². The SMILES string of the molecule is Cc1ccc(C(O)c2cc(Br)c(C)s2)cc1Cl. The Bertz CT molecular complexity index is 531. The minimum absolute atomic E-state index is 0.608. The molecule has 0 saturated heterocycles. The molecule has 1 atom stereocenters. The number of thiophene rings is 1. The van der Waals surface area contributed by atoms with Crippen LogP contribution in [-0.2, 0) is 0 Å². The predicted molar refractivity (Wildman–Crippen MR) is 77.0 cm³/mol. The lowest BCUT2D eigenvalue weighted by Crippen LogP contribution is -1.97. The van der Waals surface area contributed by atoms with E-state index in [4.69, 9.17) is 11.6 Å². The zero-order valence-corrected chi connectivity index (χ0v) is 12.7. The fourth-order valence-electron chi connectivity index (χ4n) is 1.56. The maximum absolute atomic E-state index is 10.3. The maximum atomic E-state index is 10.3. The van der Waals surface area contributed by atoms with Crippen LogP contribution in [0.2, 0.25) is 5.02 Å². The van der Waals surface area contributed by atoms with Crippen molar-refractivity contribution < 1.29 is 5.11 Å². The molecule has 1 nitrogen and oxygen atoms in total. The van der Waals surface area contributed by atoms with E-state index < -0.39 is 6.10 Å². The highest BCUT2D eigenvalue weighted by atomic mass is 79.9. The van der Waals surface area contributed by atoms with Crippen molar-refractivity contribution >= 4 is 38.9 Å². The quantitative estimate of drug-likeness (QED) is 0.833. The molecule has 2 aromatic rings. The Hall–Kier alpha value is -0.350. The Balaban J connectivity index is 2.36. The van der Waals surface area contributed by atoms with Crippen molar-refractivity contribution in [3.63, 3.8) is 0 Å². The summed E-state index contributed by atoms with van der Waals surface area (Å²) in [7, 11) is 0. The van der Waals surface area contributed by atoms with E-state index in [1.165, 1.54) is 0 Å². The summed E-state index contributed by atoms with van der Waals surface area (Å²) in [6.07, 6.45) is -0.608. The summed E-state index contributed by atoms with van der Waals surface area (Å²) < 4.78 is 1.04. The average Bonchev–Trinajstić information content (AvgIpc) is 2.62. The first kappa shape index (κ1) is 13.1. The van der Waals surface area contributed by atoms with Gasteiger partial charge in [0, 0.05) is 19.2 Å². The van der Waals surface area contributed by atoms with Crippen molar-refractivity contribution in [1.82, 2.24) is 0 Å². The lowest BCUT2D eigenvalue weighted by molar-refractivity contribution is 0.224. The van der Waals surface area contributed by atoms with Gasteiger partial charge in [-0.3, -0.25) is 0 Å². The van der Waals surface area contributed by atoms with Gasteiger partial charge in [-0.2, -0.15) is 0 Å². The molecule has 90 valence electrons. The smallest absolute Gasteiger partial charge is 0.113 e. The van der Waals surface area contributed by atoms with Gasteiger partial charge >= 0.3 is 0 Å². The Kier molecular flexibility index (Phi) is 3.93. The van der Waals surface area contributed by atoms with Crippen LogP contribution in [0.3, 0.4) is 0 Å². The van der Waals surface area contributed by atoms with E-state index >= 15 is 0 Å². The molecule has 4 heteroatoms. The molecule has 0 saturated carbocycles. The summed E-state index contributed by atoms with van der Waals surface area (Å²) in [5.74, 6) is 0. The van der Waals surface area contributed by atoms with Crippen LogP contribution in [0, 0.1) is 13.8 Å². The number of hydrogen-bond donors (Lipinski definition) is 1. The predicted octanol–water partition coefficient (Wildman–Crippen LogP) is 4.86. The molecular formula is C13H12BrClOS. The summed E-state index contributed by atoms with van der Waals surface area (Å²) in [6, 6.07) is 7.62. The number of halogens is 2. The number of hydrogen-bond acceptors (Lipinski definition) is 2. The van der Waals surface area contributed by atoms with Gasteiger partial charge in [0.1, 0.15) is 6.10 Å². The Labute approximate surface area is 118 Å². The van der Waals surface area contributed by atoms with Gasteiger partial charge in [-0.15, -0.1) is 11.3 Å². The highest BCUT2D eigenvalue weighted by Crippen LogP contribution is 2.34. The Morgan fingerprint density at radius 3 is 2.53 bits per heavy atom. The summed E-state index contributed by atoms with van der Waals surface area (Å²) in [4.78, 5) is 2.09. The summed E-state index contributed by atoms with van der Waals surface area (Å²) in [5.41, 5.74) is 1.85. The molecule has 17 heavy (non-hydrogen) atoms. The van der Waals surface area contributed by atoms with E-state index in [1.54, 1.807) is 11.3 Å². The van der Waals surface area contributed by atoms with Crippen LogP contribution in [0.15, 0.2) is 28.7 Å². The standard InChI is InChI=1S/C13H12BrClOS/c1-7-3-4-9(5-11(7)15)13(16)12-6-10(14)8(2)17-12/h3-6,13,16H,1-2H3. The molecule has 1 N–H and O–H groups in total. The minimum Gasteiger partial charge on any atom is -0.383 e. The molecule has 1 aromatic heterocycles. The lowest BCUT2D eigenvalue weighted by atomic mass is 10.1. The largest absolute Gasteiger partial charge is 0.383 e. The van der Waals surface area contributed by atoms with E-state index in [-0.39, 0.29) is 0 Å². The third-order valence-electron chi connectivity index (χ3n) is 2.66. The molecule has 0 fully saturated rings. The molecule has 1 unspecified atom stereocenters. The Morgan fingerprint density at radius 2 is 2.00 bits per heavy atom. The second kappa shape index (κ2) is 5.11. The molecule has 1 heterocycles. The van der Waals surface area contributed by atoms with Gasteiger partial charge in [-0.05, 0) is 53.0 Å². The van der Waals surface area contributed by atoms with E-state index in [9.17, 15) is 5.11 Å². The van der Waals surface area contributed by atoms with Crippen molar-refractivity contribution in [2.24, 2.45) is 0 Å². The molecule has 2 rings (SSSR count). The monoisotopic (exact) mass is 330 g/mol. The van der Waals surface area contributed by atoms with Crippen LogP contribution >= 0.6 is 38.9 Å². The zero-order chi connectivity index (χ0) is 12.6. The highest BCUT2D eigenvalue weighted by Gasteiger charge is 2.15. The fraction of sp³-hybridized carbons (Fsp3) is 0.231. The van der Waals surface area contributed by atoms with Crippen molar-refractivity contribution in [2.75, 3.05) is 0 Å². The molecule has 0 radical (unpaired) electrons. The number of benzene rings is 1. The average molecular weight is 332 g/mol. The van der Waals surface area contributed by atoms with Crippen LogP contribution in [0.4, 0.5) is 0 Å². The van der Waals surface area contributed by atoms with Gasteiger partial charge in [0.15, 0.2) is 0 Å². The van der Waals surface area contributed by atoms with Crippen LogP contribution in [-0.4, -0.2) is 5.11 Å². The number of aliphatic hydroxyl groups excluding tert-OH is 1. The fourth-order valence-corrected chi connectivity index (χ4v) is 3.32. The van der Waals surface area contributed by atoms with Gasteiger partial charge in [0.05, 0.1) is 0 Å². The minimum atomic E-state index is -0.608. The van der Waals surface area contributed by atoms with Crippen LogP contribution in [0.5, 0.6) is 0 Å². The first-order chi connectivity index (χ1) is 7.99. The van der Waals surface area contributed by atoms with E-state index in [1.807, 2.05) is 38.1 Å². The summed E-state index contributed by atoms with van der Waals surface area (Å²) in [6.45, 7) is 3.97. The van der Waals surface area contributed by atoms with Crippen LogP contribution in [0.25, 0.3) is 0 Å². The van der Waals surface area contributed by atoms with Gasteiger partial charge < -0.3 is 5.11 Å². The first-order valence-electron chi connectivity index (χ1n) is 5.19. The van der Waals surface area contributed by atoms with Gasteiger partial charge in [-0.25, -0.2) is 0 Å².